The quantitative estimate of drug-likeness (QED) is 0.326. The summed E-state index contributed by atoms with van der Waals surface area (Å²) in [5, 5.41) is 9.95. The van der Waals surface area contributed by atoms with E-state index in [-0.39, 0.29) is 17.8 Å². The third-order valence-corrected chi connectivity index (χ3v) is 4.16. The fourth-order valence-electron chi connectivity index (χ4n) is 2.74. The smallest absolute Gasteiger partial charge is 0.182 e. The Bertz CT molecular complexity index is 404. The highest BCUT2D eigenvalue weighted by Crippen LogP contribution is 2.24. The highest BCUT2D eigenvalue weighted by Gasteiger charge is 2.20. The van der Waals surface area contributed by atoms with Gasteiger partial charge in [-0.25, -0.2) is 0 Å². The van der Waals surface area contributed by atoms with Crippen LogP contribution in [0.2, 0.25) is 0 Å². The minimum Gasteiger partial charge on any atom is -0.389 e. The highest BCUT2D eigenvalue weighted by atomic mass is 16.3. The first kappa shape index (κ1) is 18.9. The first-order valence-electron chi connectivity index (χ1n) is 8.98. The maximum atomic E-state index is 11.9. The number of rotatable bonds is 11. The molecule has 1 rings (SSSR count). The van der Waals surface area contributed by atoms with Gasteiger partial charge in [0.1, 0.15) is 0 Å². The second-order valence-corrected chi connectivity index (χ2v) is 6.21. The van der Waals surface area contributed by atoms with Crippen LogP contribution >= 0.6 is 0 Å². The lowest BCUT2D eigenvalue weighted by Gasteiger charge is -2.08. The van der Waals surface area contributed by atoms with Crippen molar-refractivity contribution < 1.29 is 9.90 Å². The summed E-state index contributed by atoms with van der Waals surface area (Å²) in [6.45, 7) is 4.37. The zero-order chi connectivity index (χ0) is 16.2. The lowest BCUT2D eigenvalue weighted by Crippen LogP contribution is -2.05. The van der Waals surface area contributed by atoms with Crippen molar-refractivity contribution >= 4 is 5.78 Å². The summed E-state index contributed by atoms with van der Waals surface area (Å²) in [6.07, 6.45) is 19.2. The molecule has 1 N–H and O–H groups in total. The standard InChI is InChI=1S/C20H32O2/c1-3-5-7-8-10-12-19-17(14-16-20(19)22)13-15-18(21)11-9-6-4-2/h12-18,21H,3-11H2,1-2H3. The molecule has 22 heavy (non-hydrogen) atoms. The third kappa shape index (κ3) is 7.22. The Kier molecular flexibility index (Phi) is 9.81. The second-order valence-electron chi connectivity index (χ2n) is 6.21. The number of aliphatic hydroxyl groups excluding tert-OH is 1. The average Bonchev–Trinajstić information content (AvgIpc) is 2.86. The monoisotopic (exact) mass is 304 g/mol. The van der Waals surface area contributed by atoms with Crippen LogP contribution in [0.1, 0.15) is 71.6 Å². The molecule has 0 radical (unpaired) electrons. The topological polar surface area (TPSA) is 37.3 Å². The molecular weight excluding hydrogens is 272 g/mol. The number of aliphatic hydroxyl groups is 1. The van der Waals surface area contributed by atoms with Gasteiger partial charge in [-0.15, -0.1) is 0 Å². The van der Waals surface area contributed by atoms with E-state index in [0.29, 0.717) is 0 Å². The van der Waals surface area contributed by atoms with E-state index in [4.69, 9.17) is 0 Å². The van der Waals surface area contributed by atoms with Gasteiger partial charge in [0.15, 0.2) is 5.78 Å². The van der Waals surface area contributed by atoms with Crippen molar-refractivity contribution in [1.82, 2.24) is 0 Å². The molecule has 0 aliphatic heterocycles. The van der Waals surface area contributed by atoms with Gasteiger partial charge < -0.3 is 5.11 Å². The zero-order valence-electron chi connectivity index (χ0n) is 14.3. The van der Waals surface area contributed by atoms with Gasteiger partial charge in [0.2, 0.25) is 0 Å². The van der Waals surface area contributed by atoms with Crippen LogP contribution in [0.3, 0.4) is 0 Å². The third-order valence-electron chi connectivity index (χ3n) is 4.16. The summed E-state index contributed by atoms with van der Waals surface area (Å²) in [6, 6.07) is 0. The fraction of sp³-hybridized carbons (Fsp3) is 0.650. The predicted octanol–water partition coefficient (Wildman–Crippen LogP) is 5.14. The Labute approximate surface area is 136 Å². The van der Waals surface area contributed by atoms with Crippen LogP contribution in [0.5, 0.6) is 0 Å². The van der Waals surface area contributed by atoms with E-state index in [1.54, 1.807) is 6.08 Å². The van der Waals surface area contributed by atoms with E-state index in [0.717, 1.165) is 37.7 Å². The van der Waals surface area contributed by atoms with Crippen molar-refractivity contribution in [2.75, 3.05) is 0 Å². The molecule has 2 unspecified atom stereocenters. The van der Waals surface area contributed by atoms with Crippen LogP contribution in [0.15, 0.2) is 36.0 Å². The van der Waals surface area contributed by atoms with Crippen LogP contribution in [-0.2, 0) is 4.79 Å². The molecule has 0 aromatic heterocycles. The van der Waals surface area contributed by atoms with Gasteiger partial charge in [-0.05, 0) is 25.3 Å². The van der Waals surface area contributed by atoms with Crippen molar-refractivity contribution in [2.24, 2.45) is 5.92 Å². The van der Waals surface area contributed by atoms with Gasteiger partial charge in [0.25, 0.3) is 0 Å². The van der Waals surface area contributed by atoms with E-state index < -0.39 is 0 Å². The molecule has 2 atom stereocenters. The lowest BCUT2D eigenvalue weighted by molar-refractivity contribution is -0.111. The lowest BCUT2D eigenvalue weighted by atomic mass is 9.98. The van der Waals surface area contributed by atoms with Crippen LogP contribution in [0.25, 0.3) is 0 Å². The van der Waals surface area contributed by atoms with E-state index in [1.165, 1.54) is 25.7 Å². The largest absolute Gasteiger partial charge is 0.389 e. The first-order chi connectivity index (χ1) is 10.7. The van der Waals surface area contributed by atoms with Gasteiger partial charge in [-0.1, -0.05) is 76.7 Å². The Morgan fingerprint density at radius 2 is 1.86 bits per heavy atom. The molecule has 0 amide bonds. The van der Waals surface area contributed by atoms with Crippen molar-refractivity contribution in [3.8, 4) is 0 Å². The molecule has 0 saturated heterocycles. The number of allylic oxidation sites excluding steroid dienone is 5. The molecule has 1 aliphatic carbocycles. The van der Waals surface area contributed by atoms with Gasteiger partial charge in [-0.3, -0.25) is 4.79 Å². The predicted molar refractivity (Wildman–Crippen MR) is 93.8 cm³/mol. The van der Waals surface area contributed by atoms with Crippen molar-refractivity contribution in [3.05, 3.63) is 36.0 Å². The van der Waals surface area contributed by atoms with Gasteiger partial charge in [-0.2, -0.15) is 0 Å². The van der Waals surface area contributed by atoms with E-state index in [9.17, 15) is 9.90 Å². The Morgan fingerprint density at radius 3 is 2.59 bits per heavy atom. The van der Waals surface area contributed by atoms with Gasteiger partial charge in [0.05, 0.1) is 6.10 Å². The first-order valence-corrected chi connectivity index (χ1v) is 8.98. The Balaban J connectivity index is 2.44. The van der Waals surface area contributed by atoms with Crippen LogP contribution in [-0.4, -0.2) is 17.0 Å². The second kappa shape index (κ2) is 11.4. The van der Waals surface area contributed by atoms with Gasteiger partial charge in [0, 0.05) is 11.5 Å². The van der Waals surface area contributed by atoms with E-state index >= 15 is 0 Å². The van der Waals surface area contributed by atoms with Gasteiger partial charge >= 0.3 is 0 Å². The molecule has 1 aliphatic rings. The van der Waals surface area contributed by atoms with Crippen molar-refractivity contribution in [1.29, 1.82) is 0 Å². The number of hydrogen-bond acceptors (Lipinski definition) is 2. The maximum Gasteiger partial charge on any atom is 0.182 e. The molecular formula is C20H32O2. The highest BCUT2D eigenvalue weighted by molar-refractivity contribution is 6.07. The number of hydrogen-bond donors (Lipinski definition) is 1. The number of unbranched alkanes of at least 4 members (excludes halogenated alkanes) is 6. The molecule has 0 bridgehead atoms. The molecule has 0 heterocycles. The summed E-state index contributed by atoms with van der Waals surface area (Å²) < 4.78 is 0. The molecule has 0 aromatic carbocycles. The van der Waals surface area contributed by atoms with Crippen LogP contribution in [0, 0.1) is 5.92 Å². The SMILES string of the molecule is CCCCCCC=C1C(=O)C=CC1C=CC(O)CCCCC. The number of carbonyl (C=O) groups excluding carboxylic acids is 1. The molecule has 0 fully saturated rings. The normalized spacial score (nSPS) is 21.3. The van der Waals surface area contributed by atoms with Crippen LogP contribution < -0.4 is 0 Å². The zero-order valence-corrected chi connectivity index (χ0v) is 14.3. The summed E-state index contributed by atoms with van der Waals surface area (Å²) >= 11 is 0. The summed E-state index contributed by atoms with van der Waals surface area (Å²) in [5.74, 6) is 0.185. The molecule has 0 aromatic rings. The minimum atomic E-state index is -0.388. The van der Waals surface area contributed by atoms with Crippen molar-refractivity contribution in [2.45, 2.75) is 77.7 Å². The number of carbonyl (C=O) groups is 1. The summed E-state index contributed by atoms with van der Waals surface area (Å²) in [7, 11) is 0. The Morgan fingerprint density at radius 1 is 1.14 bits per heavy atom. The Hall–Kier alpha value is -1.15. The van der Waals surface area contributed by atoms with E-state index in [2.05, 4.69) is 19.9 Å². The van der Waals surface area contributed by atoms with Crippen molar-refractivity contribution in [3.63, 3.8) is 0 Å². The number of ketones is 1. The molecule has 124 valence electrons. The van der Waals surface area contributed by atoms with Crippen LogP contribution in [0.4, 0.5) is 0 Å². The average molecular weight is 304 g/mol. The molecule has 2 nitrogen and oxygen atoms in total. The minimum absolute atomic E-state index is 0.0551. The molecule has 0 saturated carbocycles. The molecule has 0 spiro atoms. The summed E-state index contributed by atoms with van der Waals surface area (Å²) in [5.41, 5.74) is 0.883. The fourth-order valence-corrected chi connectivity index (χ4v) is 2.74. The molecule has 2 heteroatoms. The maximum absolute atomic E-state index is 11.9. The summed E-state index contributed by atoms with van der Waals surface area (Å²) in [4.78, 5) is 11.9. The van der Waals surface area contributed by atoms with E-state index in [1.807, 2.05) is 18.2 Å².